The first-order valence-electron chi connectivity index (χ1n) is 10.1. The molecule has 0 unspecified atom stereocenters. The van der Waals surface area contributed by atoms with Gasteiger partial charge in [0.1, 0.15) is 12.4 Å². The smallest absolute Gasteiger partial charge is 0.244 e. The molecular formula is C24H24N2O4S. The van der Waals surface area contributed by atoms with Crippen molar-refractivity contribution in [3.05, 3.63) is 75.7 Å². The molecule has 0 saturated heterocycles. The molecule has 4 rings (SSSR count). The fourth-order valence-electron chi connectivity index (χ4n) is 3.11. The molecule has 2 aromatic carbocycles. The van der Waals surface area contributed by atoms with E-state index < -0.39 is 0 Å². The van der Waals surface area contributed by atoms with E-state index in [2.05, 4.69) is 10.3 Å². The lowest BCUT2D eigenvalue weighted by Crippen LogP contribution is -2.20. The normalized spacial score (nSPS) is 13.1. The number of carbonyl (C=O) groups is 1. The molecule has 1 aliphatic heterocycles. The number of benzene rings is 2. The van der Waals surface area contributed by atoms with Crippen molar-refractivity contribution < 1.29 is 19.0 Å². The molecule has 7 heteroatoms. The van der Waals surface area contributed by atoms with E-state index in [9.17, 15) is 4.79 Å². The van der Waals surface area contributed by atoms with Crippen LogP contribution >= 0.6 is 11.3 Å². The number of hydrogen-bond acceptors (Lipinski definition) is 6. The van der Waals surface area contributed by atoms with E-state index in [0.29, 0.717) is 32.1 Å². The van der Waals surface area contributed by atoms with E-state index in [1.54, 1.807) is 17.4 Å². The first kappa shape index (κ1) is 20.9. The summed E-state index contributed by atoms with van der Waals surface area (Å²) in [6.45, 7) is 4.06. The summed E-state index contributed by atoms with van der Waals surface area (Å²) in [6.07, 6.45) is 4.13. The van der Waals surface area contributed by atoms with E-state index in [1.807, 2.05) is 54.8 Å². The first-order chi connectivity index (χ1) is 15.2. The molecule has 2 heterocycles. The van der Waals surface area contributed by atoms with Crippen molar-refractivity contribution in [3.63, 3.8) is 0 Å². The summed E-state index contributed by atoms with van der Waals surface area (Å²) in [4.78, 5) is 16.7. The second kappa shape index (κ2) is 10.1. The Hall–Kier alpha value is -3.32. The molecule has 0 atom stereocenters. The largest absolute Gasteiger partial charge is 0.490 e. The lowest BCUT2D eigenvalue weighted by molar-refractivity contribution is -0.116. The summed E-state index contributed by atoms with van der Waals surface area (Å²) in [5.41, 5.74) is 2.68. The van der Waals surface area contributed by atoms with Gasteiger partial charge in [0.05, 0.1) is 23.9 Å². The zero-order chi connectivity index (χ0) is 21.5. The van der Waals surface area contributed by atoms with Gasteiger partial charge in [-0.2, -0.15) is 0 Å². The maximum Gasteiger partial charge on any atom is 0.244 e. The Labute approximate surface area is 185 Å². The van der Waals surface area contributed by atoms with Gasteiger partial charge in [0.2, 0.25) is 5.91 Å². The highest BCUT2D eigenvalue weighted by Gasteiger charge is 2.11. The Balaban J connectivity index is 1.33. The maximum atomic E-state index is 12.3. The highest BCUT2D eigenvalue weighted by molar-refractivity contribution is 7.09. The Morgan fingerprint density at radius 2 is 2.03 bits per heavy atom. The summed E-state index contributed by atoms with van der Waals surface area (Å²) in [6, 6.07) is 13.3. The molecule has 0 saturated carbocycles. The van der Waals surface area contributed by atoms with Crippen molar-refractivity contribution in [3.8, 4) is 17.2 Å². The first-order valence-corrected chi connectivity index (χ1v) is 11.0. The molecule has 3 aromatic rings. The van der Waals surface area contributed by atoms with Crippen molar-refractivity contribution in [2.24, 2.45) is 0 Å². The molecule has 0 aliphatic carbocycles. The standard InChI is InChI=1S/C24H24N2O4S/c1-17-26-20(16-31-17)15-30-21-6-3-2-5-19(21)8-10-24(27)25-14-18-7-9-22-23(13-18)29-12-4-11-28-22/h2-3,5-10,13,16H,4,11-12,14-15H2,1H3,(H,25,27)/b10-8+. The summed E-state index contributed by atoms with van der Waals surface area (Å²) in [5, 5.41) is 5.90. The second-order valence-electron chi connectivity index (χ2n) is 7.07. The number of amides is 1. The number of hydrogen-bond donors (Lipinski definition) is 1. The van der Waals surface area contributed by atoms with Crippen LogP contribution in [0.5, 0.6) is 17.2 Å². The molecule has 0 spiro atoms. The average molecular weight is 437 g/mol. The Bertz CT molecular complexity index is 1080. The Kier molecular flexibility index (Phi) is 6.84. The van der Waals surface area contributed by atoms with Crippen LogP contribution in [-0.4, -0.2) is 24.1 Å². The molecule has 0 bridgehead atoms. The van der Waals surface area contributed by atoms with Crippen LogP contribution in [-0.2, 0) is 17.9 Å². The zero-order valence-corrected chi connectivity index (χ0v) is 18.1. The zero-order valence-electron chi connectivity index (χ0n) is 17.3. The van der Waals surface area contributed by atoms with Crippen LogP contribution in [0.4, 0.5) is 0 Å². The lowest BCUT2D eigenvalue weighted by atomic mass is 10.2. The van der Waals surface area contributed by atoms with Gasteiger partial charge in [0.25, 0.3) is 0 Å². The molecule has 6 nitrogen and oxygen atoms in total. The van der Waals surface area contributed by atoms with Gasteiger partial charge in [0, 0.05) is 30.0 Å². The van der Waals surface area contributed by atoms with E-state index in [-0.39, 0.29) is 5.91 Å². The third kappa shape index (κ3) is 5.86. The van der Waals surface area contributed by atoms with Crippen LogP contribution < -0.4 is 19.5 Å². The Morgan fingerprint density at radius 1 is 1.19 bits per heavy atom. The van der Waals surface area contributed by atoms with Crippen molar-refractivity contribution in [1.29, 1.82) is 0 Å². The van der Waals surface area contributed by atoms with Gasteiger partial charge < -0.3 is 19.5 Å². The van der Waals surface area contributed by atoms with Crippen LogP contribution in [0.1, 0.15) is 28.2 Å². The number of aryl methyl sites for hydroxylation is 1. The highest BCUT2D eigenvalue weighted by atomic mass is 32.1. The monoisotopic (exact) mass is 436 g/mol. The fraction of sp³-hybridized carbons (Fsp3) is 0.250. The van der Waals surface area contributed by atoms with Crippen LogP contribution in [0.15, 0.2) is 53.9 Å². The van der Waals surface area contributed by atoms with Crippen LogP contribution in [0.25, 0.3) is 6.08 Å². The summed E-state index contributed by atoms with van der Waals surface area (Å²) < 4.78 is 17.2. The molecule has 1 amide bonds. The minimum absolute atomic E-state index is 0.183. The number of nitrogens with zero attached hydrogens (tertiary/aromatic N) is 1. The van der Waals surface area contributed by atoms with Gasteiger partial charge in [-0.1, -0.05) is 24.3 Å². The van der Waals surface area contributed by atoms with E-state index >= 15 is 0 Å². The molecule has 1 aliphatic rings. The number of rotatable bonds is 7. The molecule has 1 N–H and O–H groups in total. The van der Waals surface area contributed by atoms with Crippen molar-refractivity contribution in [1.82, 2.24) is 10.3 Å². The number of para-hydroxylation sites is 1. The average Bonchev–Trinajstić information content (AvgIpc) is 3.06. The number of ether oxygens (including phenoxy) is 3. The highest BCUT2D eigenvalue weighted by Crippen LogP contribution is 2.30. The van der Waals surface area contributed by atoms with Gasteiger partial charge in [-0.3, -0.25) is 4.79 Å². The molecule has 1 aromatic heterocycles. The number of aromatic nitrogens is 1. The van der Waals surface area contributed by atoms with Crippen LogP contribution in [0.2, 0.25) is 0 Å². The fourth-order valence-corrected chi connectivity index (χ4v) is 3.70. The van der Waals surface area contributed by atoms with E-state index in [1.165, 1.54) is 6.08 Å². The van der Waals surface area contributed by atoms with Crippen LogP contribution in [0.3, 0.4) is 0 Å². The summed E-state index contributed by atoms with van der Waals surface area (Å²) >= 11 is 1.60. The maximum absolute atomic E-state index is 12.3. The summed E-state index contributed by atoms with van der Waals surface area (Å²) in [7, 11) is 0. The number of thiazole rings is 1. The minimum Gasteiger partial charge on any atom is -0.490 e. The van der Waals surface area contributed by atoms with Crippen LogP contribution in [0, 0.1) is 6.92 Å². The molecule has 160 valence electrons. The minimum atomic E-state index is -0.183. The predicted octanol–water partition coefficient (Wildman–Crippen LogP) is 4.52. The lowest BCUT2D eigenvalue weighted by Gasteiger charge is -2.10. The van der Waals surface area contributed by atoms with Crippen molar-refractivity contribution in [2.45, 2.75) is 26.5 Å². The van der Waals surface area contributed by atoms with Crippen molar-refractivity contribution in [2.75, 3.05) is 13.2 Å². The second-order valence-corrected chi connectivity index (χ2v) is 8.13. The van der Waals surface area contributed by atoms with Gasteiger partial charge in [-0.15, -0.1) is 11.3 Å². The van der Waals surface area contributed by atoms with Gasteiger partial charge >= 0.3 is 0 Å². The third-order valence-electron chi connectivity index (χ3n) is 4.65. The van der Waals surface area contributed by atoms with E-state index in [0.717, 1.165) is 39.7 Å². The molecule has 0 radical (unpaired) electrons. The van der Waals surface area contributed by atoms with Crippen molar-refractivity contribution >= 4 is 23.3 Å². The quantitative estimate of drug-likeness (QED) is 0.552. The van der Waals surface area contributed by atoms with Gasteiger partial charge in [-0.25, -0.2) is 4.98 Å². The SMILES string of the molecule is Cc1nc(COc2ccccc2/C=C/C(=O)NCc2ccc3c(c2)OCCCO3)cs1. The molecular weight excluding hydrogens is 412 g/mol. The molecule has 0 fully saturated rings. The number of nitrogens with one attached hydrogen (secondary N) is 1. The molecule has 31 heavy (non-hydrogen) atoms. The Morgan fingerprint density at radius 3 is 2.87 bits per heavy atom. The topological polar surface area (TPSA) is 69.7 Å². The number of fused-ring (bicyclic) bond motifs is 1. The van der Waals surface area contributed by atoms with Gasteiger partial charge in [0.15, 0.2) is 11.5 Å². The number of carbonyl (C=O) groups excluding carboxylic acids is 1. The predicted molar refractivity (Wildman–Crippen MR) is 121 cm³/mol. The van der Waals surface area contributed by atoms with E-state index in [4.69, 9.17) is 14.2 Å². The third-order valence-corrected chi connectivity index (χ3v) is 5.48. The summed E-state index contributed by atoms with van der Waals surface area (Å²) in [5.74, 6) is 2.00. The van der Waals surface area contributed by atoms with Gasteiger partial charge in [-0.05, 0) is 36.8 Å².